The number of hydrogen-bond acceptors (Lipinski definition) is 8. The summed E-state index contributed by atoms with van der Waals surface area (Å²) in [5.74, 6) is -1.28. The summed E-state index contributed by atoms with van der Waals surface area (Å²) in [4.78, 5) is 16.5. The van der Waals surface area contributed by atoms with Gasteiger partial charge in [-0.15, -0.1) is 0 Å². The Morgan fingerprint density at radius 1 is 1.26 bits per heavy atom. The first kappa shape index (κ1) is 21.2. The van der Waals surface area contributed by atoms with Crippen LogP contribution in [0.15, 0.2) is 18.7 Å². The van der Waals surface area contributed by atoms with Gasteiger partial charge in [-0.1, -0.05) is 6.92 Å². The Bertz CT molecular complexity index is 974. The smallest absolute Gasteiger partial charge is 0.278 e. The molecule has 2 aliphatic carbocycles. The van der Waals surface area contributed by atoms with E-state index in [-0.39, 0.29) is 12.4 Å². The summed E-state index contributed by atoms with van der Waals surface area (Å²) in [6, 6.07) is 2.43. The number of nitrogens with zero attached hydrogens (tertiary/aromatic N) is 5. The largest absolute Gasteiger partial charge is 0.471 e. The first-order valence-corrected chi connectivity index (χ1v) is 10.3. The Morgan fingerprint density at radius 3 is 2.71 bits per heavy atom. The summed E-state index contributed by atoms with van der Waals surface area (Å²) in [5.41, 5.74) is 1.36. The van der Waals surface area contributed by atoms with Gasteiger partial charge in [-0.3, -0.25) is 0 Å². The van der Waals surface area contributed by atoms with E-state index in [1.807, 2.05) is 0 Å². The molecule has 164 valence electrons. The topological polar surface area (TPSA) is 109 Å². The second-order valence-corrected chi connectivity index (χ2v) is 8.90. The number of anilines is 2. The van der Waals surface area contributed by atoms with Crippen LogP contribution in [0, 0.1) is 22.7 Å². The highest BCUT2D eigenvalue weighted by Gasteiger charge is 2.51. The van der Waals surface area contributed by atoms with E-state index in [9.17, 15) is 14.0 Å². The summed E-state index contributed by atoms with van der Waals surface area (Å²) in [6.45, 7) is 2.46. The van der Waals surface area contributed by atoms with Gasteiger partial charge in [0.2, 0.25) is 11.8 Å². The van der Waals surface area contributed by atoms with Crippen LogP contribution in [0.4, 0.5) is 20.5 Å². The lowest BCUT2D eigenvalue weighted by atomic mass is 9.50. The van der Waals surface area contributed by atoms with E-state index < -0.39 is 12.5 Å². The molecule has 0 radical (unpaired) electrons. The fraction of sp³-hybridized carbons (Fsp3) is 0.571. The molecule has 2 heterocycles. The molecular formula is C21H25F2N7O. The van der Waals surface area contributed by atoms with Crippen molar-refractivity contribution in [2.75, 3.05) is 17.2 Å². The Morgan fingerprint density at radius 2 is 2.03 bits per heavy atom. The zero-order chi connectivity index (χ0) is 22.1. The quantitative estimate of drug-likeness (QED) is 0.653. The van der Waals surface area contributed by atoms with Crippen molar-refractivity contribution in [2.24, 2.45) is 11.3 Å². The van der Waals surface area contributed by atoms with Crippen molar-refractivity contribution >= 4 is 11.8 Å². The lowest BCUT2D eigenvalue weighted by Gasteiger charge is -2.57. The zero-order valence-electron chi connectivity index (χ0n) is 17.5. The highest BCUT2D eigenvalue weighted by molar-refractivity contribution is 5.54. The maximum Gasteiger partial charge on any atom is 0.278 e. The van der Waals surface area contributed by atoms with Crippen LogP contribution in [0.25, 0.3) is 0 Å². The van der Waals surface area contributed by atoms with E-state index >= 15 is 0 Å². The number of hydrogen-bond donors (Lipinski definition) is 2. The average Bonchev–Trinajstić information content (AvgIpc) is 2.68. The van der Waals surface area contributed by atoms with Crippen LogP contribution in [0.2, 0.25) is 0 Å². The number of nitriles is 1. The minimum Gasteiger partial charge on any atom is -0.471 e. The third kappa shape index (κ3) is 4.98. The molecule has 0 atom stereocenters. The van der Waals surface area contributed by atoms with Gasteiger partial charge in [-0.25, -0.2) is 23.7 Å². The fourth-order valence-electron chi connectivity index (χ4n) is 4.66. The lowest BCUT2D eigenvalue weighted by molar-refractivity contribution is -0.0258. The highest BCUT2D eigenvalue weighted by Crippen LogP contribution is 2.59. The number of rotatable bonds is 8. The van der Waals surface area contributed by atoms with Crippen molar-refractivity contribution in [1.82, 2.24) is 19.9 Å². The monoisotopic (exact) mass is 429 g/mol. The molecule has 10 heteroatoms. The van der Waals surface area contributed by atoms with Gasteiger partial charge in [0.25, 0.3) is 5.92 Å². The van der Waals surface area contributed by atoms with Crippen LogP contribution in [-0.2, 0) is 6.54 Å². The van der Waals surface area contributed by atoms with Crippen molar-refractivity contribution < 1.29 is 13.5 Å². The zero-order valence-corrected chi connectivity index (χ0v) is 17.5. The molecule has 0 aliphatic heterocycles. The van der Waals surface area contributed by atoms with Gasteiger partial charge >= 0.3 is 0 Å². The van der Waals surface area contributed by atoms with Crippen molar-refractivity contribution in [2.45, 2.75) is 58.0 Å². The Balaban J connectivity index is 1.39. The molecule has 2 N–H and O–H groups in total. The second-order valence-electron chi connectivity index (χ2n) is 8.90. The number of aromatic nitrogens is 4. The molecule has 2 aliphatic rings. The van der Waals surface area contributed by atoms with Crippen LogP contribution in [0.5, 0.6) is 5.88 Å². The molecule has 0 unspecified atom stereocenters. The second kappa shape index (κ2) is 8.21. The molecule has 0 bridgehead atoms. The van der Waals surface area contributed by atoms with Crippen molar-refractivity contribution in [1.29, 1.82) is 5.26 Å². The van der Waals surface area contributed by atoms with Gasteiger partial charge in [0.05, 0.1) is 11.8 Å². The molecule has 31 heavy (non-hydrogen) atoms. The lowest BCUT2D eigenvalue weighted by Crippen LogP contribution is -2.52. The number of ether oxygens (including phenoxy) is 1. The standard InChI is InChI=1S/C21H25F2N7O/c1-13-3-21(4-13)5-16(6-21)29-17-14(7-24)9-26-19(30-17)27-10-15-8-25-12-28-18(15)31-11-20(2,22)23/h8-9,12-13,16H,3-6,10-11H2,1-2H3,(H2,26,27,29,30)/t13-,16-,21?. The van der Waals surface area contributed by atoms with Crippen molar-refractivity contribution in [3.05, 3.63) is 29.8 Å². The SMILES string of the molecule is CC(F)(F)COc1ncncc1CNc1ncc(C#N)c(N[C@H]2CC3(C[C@@H](C)C3)C2)n1. The van der Waals surface area contributed by atoms with Gasteiger partial charge in [-0.05, 0) is 37.0 Å². The fourth-order valence-corrected chi connectivity index (χ4v) is 4.66. The molecule has 8 nitrogen and oxygen atoms in total. The number of nitrogens with one attached hydrogen (secondary N) is 2. The average molecular weight is 429 g/mol. The van der Waals surface area contributed by atoms with E-state index in [0.29, 0.717) is 34.3 Å². The Labute approximate surface area is 179 Å². The molecule has 0 aromatic carbocycles. The van der Waals surface area contributed by atoms with E-state index in [4.69, 9.17) is 4.74 Å². The first-order valence-electron chi connectivity index (χ1n) is 10.3. The van der Waals surface area contributed by atoms with E-state index in [1.54, 1.807) is 0 Å². The van der Waals surface area contributed by atoms with E-state index in [1.165, 1.54) is 31.6 Å². The molecular weight excluding hydrogens is 404 g/mol. The van der Waals surface area contributed by atoms with Crippen LogP contribution in [0.3, 0.4) is 0 Å². The molecule has 1 spiro atoms. The predicted octanol–water partition coefficient (Wildman–Crippen LogP) is 3.77. The predicted molar refractivity (Wildman–Crippen MR) is 110 cm³/mol. The van der Waals surface area contributed by atoms with Crippen LogP contribution >= 0.6 is 0 Å². The molecule has 2 aromatic rings. The summed E-state index contributed by atoms with van der Waals surface area (Å²) in [6.07, 6.45) is 8.94. The summed E-state index contributed by atoms with van der Waals surface area (Å²) >= 11 is 0. The minimum absolute atomic E-state index is 0.0745. The maximum absolute atomic E-state index is 13.1. The molecule has 0 saturated heterocycles. The van der Waals surface area contributed by atoms with Gasteiger partial charge in [0.15, 0.2) is 6.61 Å². The van der Waals surface area contributed by atoms with Gasteiger partial charge in [-0.2, -0.15) is 10.2 Å². The van der Waals surface area contributed by atoms with Crippen LogP contribution < -0.4 is 15.4 Å². The Kier molecular flexibility index (Phi) is 5.60. The number of halogens is 2. The molecule has 2 aromatic heterocycles. The van der Waals surface area contributed by atoms with E-state index in [2.05, 4.69) is 43.6 Å². The van der Waals surface area contributed by atoms with Crippen LogP contribution in [0.1, 0.15) is 50.7 Å². The third-order valence-corrected chi connectivity index (χ3v) is 5.82. The number of alkyl halides is 2. The molecule has 2 saturated carbocycles. The molecule has 4 rings (SSSR count). The Hall–Kier alpha value is -3.09. The highest BCUT2D eigenvalue weighted by atomic mass is 19.3. The molecule has 0 amide bonds. The van der Waals surface area contributed by atoms with E-state index in [0.717, 1.165) is 25.7 Å². The van der Waals surface area contributed by atoms with Crippen molar-refractivity contribution in [3.8, 4) is 11.9 Å². The van der Waals surface area contributed by atoms with Gasteiger partial charge in [0, 0.05) is 25.7 Å². The molecule has 2 fully saturated rings. The summed E-state index contributed by atoms with van der Waals surface area (Å²) < 4.78 is 31.3. The summed E-state index contributed by atoms with van der Waals surface area (Å²) in [7, 11) is 0. The third-order valence-electron chi connectivity index (χ3n) is 5.82. The van der Waals surface area contributed by atoms with Gasteiger partial charge in [0.1, 0.15) is 23.8 Å². The summed E-state index contributed by atoms with van der Waals surface area (Å²) in [5, 5.41) is 15.8. The van der Waals surface area contributed by atoms with Crippen LogP contribution in [-0.4, -0.2) is 38.5 Å². The minimum atomic E-state index is -2.97. The normalized spacial score (nSPS) is 24.6. The van der Waals surface area contributed by atoms with Crippen molar-refractivity contribution in [3.63, 3.8) is 0 Å². The maximum atomic E-state index is 13.1. The van der Waals surface area contributed by atoms with Gasteiger partial charge < -0.3 is 15.4 Å². The first-order chi connectivity index (χ1) is 14.8.